The largest absolute Gasteiger partial charge is 0.493 e. The fourth-order valence-electron chi connectivity index (χ4n) is 2.85. The van der Waals surface area contributed by atoms with Crippen LogP contribution in [0, 0.1) is 13.8 Å². The summed E-state index contributed by atoms with van der Waals surface area (Å²) in [6.07, 6.45) is 1.84. The molecule has 2 aromatic rings. The Bertz CT molecular complexity index is 937. The Morgan fingerprint density at radius 1 is 1.19 bits per heavy atom. The van der Waals surface area contributed by atoms with Gasteiger partial charge in [0.25, 0.3) is 5.91 Å². The summed E-state index contributed by atoms with van der Waals surface area (Å²) in [4.78, 5) is 15.2. The van der Waals surface area contributed by atoms with Gasteiger partial charge in [0.05, 0.1) is 24.3 Å². The number of rotatable bonds is 5. The number of carbonyl (C=O) groups is 1. The van der Waals surface area contributed by atoms with E-state index in [2.05, 4.69) is 0 Å². The van der Waals surface area contributed by atoms with E-state index in [9.17, 15) is 4.79 Å². The van der Waals surface area contributed by atoms with E-state index in [0.717, 1.165) is 22.4 Å². The normalized spacial score (nSPS) is 15.6. The van der Waals surface area contributed by atoms with Crippen molar-refractivity contribution in [1.82, 2.24) is 0 Å². The number of thiocarbonyl (C=S) groups is 1. The second-order valence-corrected chi connectivity index (χ2v) is 7.76. The van der Waals surface area contributed by atoms with Crippen molar-refractivity contribution < 1.29 is 14.3 Å². The number of methoxy groups -OCH3 is 1. The van der Waals surface area contributed by atoms with E-state index < -0.39 is 0 Å². The number of hydrogen-bond donors (Lipinski definition) is 0. The van der Waals surface area contributed by atoms with Crippen molar-refractivity contribution in [3.05, 3.63) is 58.0 Å². The van der Waals surface area contributed by atoms with Crippen LogP contribution in [0.3, 0.4) is 0 Å². The maximum Gasteiger partial charge on any atom is 0.270 e. The predicted molar refractivity (Wildman–Crippen MR) is 116 cm³/mol. The lowest BCUT2D eigenvalue weighted by molar-refractivity contribution is -0.113. The summed E-state index contributed by atoms with van der Waals surface area (Å²) >= 11 is 6.79. The molecular weight excluding hydrogens is 378 g/mol. The van der Waals surface area contributed by atoms with Gasteiger partial charge in [0.1, 0.15) is 0 Å². The molecule has 3 rings (SSSR count). The molecule has 1 saturated heterocycles. The zero-order valence-corrected chi connectivity index (χ0v) is 17.4. The van der Waals surface area contributed by atoms with Crippen molar-refractivity contribution >= 4 is 46.0 Å². The van der Waals surface area contributed by atoms with E-state index in [0.29, 0.717) is 27.3 Å². The van der Waals surface area contributed by atoms with Gasteiger partial charge in [0.2, 0.25) is 0 Å². The average molecular weight is 400 g/mol. The van der Waals surface area contributed by atoms with Gasteiger partial charge in [-0.25, -0.2) is 0 Å². The lowest BCUT2D eigenvalue weighted by Crippen LogP contribution is -2.28. The van der Waals surface area contributed by atoms with Gasteiger partial charge in [0.15, 0.2) is 15.8 Å². The van der Waals surface area contributed by atoms with Crippen LogP contribution in [0.15, 0.2) is 41.3 Å². The smallest absolute Gasteiger partial charge is 0.270 e. The third kappa shape index (κ3) is 3.87. The van der Waals surface area contributed by atoms with Gasteiger partial charge in [-0.15, -0.1) is 0 Å². The van der Waals surface area contributed by atoms with Gasteiger partial charge in [-0.05, 0) is 61.7 Å². The fourth-order valence-corrected chi connectivity index (χ4v) is 4.14. The van der Waals surface area contributed by atoms with E-state index in [1.807, 2.05) is 63.2 Å². The second kappa shape index (κ2) is 8.15. The first kappa shape index (κ1) is 19.5. The van der Waals surface area contributed by atoms with E-state index in [4.69, 9.17) is 21.7 Å². The van der Waals surface area contributed by atoms with Crippen LogP contribution in [0.1, 0.15) is 23.6 Å². The summed E-state index contributed by atoms with van der Waals surface area (Å²) < 4.78 is 11.5. The molecule has 0 aliphatic carbocycles. The summed E-state index contributed by atoms with van der Waals surface area (Å²) in [7, 11) is 1.60. The minimum absolute atomic E-state index is 0.105. The summed E-state index contributed by atoms with van der Waals surface area (Å²) in [6.45, 7) is 6.51. The third-order valence-electron chi connectivity index (χ3n) is 4.40. The minimum atomic E-state index is -0.105. The summed E-state index contributed by atoms with van der Waals surface area (Å²) in [5, 5.41) is 0. The molecule has 2 aromatic carbocycles. The zero-order valence-electron chi connectivity index (χ0n) is 15.7. The van der Waals surface area contributed by atoms with E-state index >= 15 is 0 Å². The molecule has 0 bridgehead atoms. The number of carbonyl (C=O) groups excluding carboxylic acids is 1. The van der Waals surface area contributed by atoms with Crippen LogP contribution >= 0.6 is 24.0 Å². The van der Waals surface area contributed by atoms with Gasteiger partial charge < -0.3 is 9.47 Å². The summed E-state index contributed by atoms with van der Waals surface area (Å²) in [5.74, 6) is 1.21. The fraction of sp³-hybridized carbons (Fsp3) is 0.238. The Kier molecular flexibility index (Phi) is 5.87. The van der Waals surface area contributed by atoms with E-state index in [1.54, 1.807) is 12.0 Å². The quantitative estimate of drug-likeness (QED) is 0.516. The first-order chi connectivity index (χ1) is 13.0. The van der Waals surface area contributed by atoms with Crippen LogP contribution in [0.25, 0.3) is 6.08 Å². The average Bonchev–Trinajstić information content (AvgIpc) is 2.92. The van der Waals surface area contributed by atoms with E-state index in [-0.39, 0.29) is 5.91 Å². The number of thioether (sulfide) groups is 1. The Morgan fingerprint density at radius 2 is 1.96 bits per heavy atom. The molecular formula is C21H21NO3S2. The van der Waals surface area contributed by atoms with Crippen molar-refractivity contribution in [2.45, 2.75) is 20.8 Å². The lowest BCUT2D eigenvalue weighted by atomic mass is 10.1. The number of anilines is 1. The molecule has 0 atom stereocenters. The highest BCUT2D eigenvalue weighted by Gasteiger charge is 2.34. The molecule has 0 aromatic heterocycles. The molecule has 0 unspecified atom stereocenters. The van der Waals surface area contributed by atoms with Crippen LogP contribution < -0.4 is 14.4 Å². The topological polar surface area (TPSA) is 38.8 Å². The number of ether oxygens (including phenoxy) is 2. The van der Waals surface area contributed by atoms with Crippen molar-refractivity contribution in [1.29, 1.82) is 0 Å². The molecule has 0 radical (unpaired) electrons. The summed E-state index contributed by atoms with van der Waals surface area (Å²) in [6, 6.07) is 11.5. The molecule has 6 heteroatoms. The Labute approximate surface area is 169 Å². The molecule has 1 aliphatic heterocycles. The predicted octanol–water partition coefficient (Wildman–Crippen LogP) is 5.12. The Balaban J connectivity index is 1.94. The first-order valence-corrected chi connectivity index (χ1v) is 9.83. The van der Waals surface area contributed by atoms with Crippen LogP contribution in [0.5, 0.6) is 11.5 Å². The second-order valence-electron chi connectivity index (χ2n) is 6.08. The molecule has 1 amide bonds. The van der Waals surface area contributed by atoms with Crippen LogP contribution in [-0.4, -0.2) is 23.9 Å². The Morgan fingerprint density at radius 3 is 2.67 bits per heavy atom. The maximum atomic E-state index is 13.0. The third-order valence-corrected chi connectivity index (χ3v) is 5.70. The number of aryl methyl sites for hydroxylation is 1. The van der Waals surface area contributed by atoms with Gasteiger partial charge >= 0.3 is 0 Å². The number of benzene rings is 2. The number of amides is 1. The van der Waals surface area contributed by atoms with Gasteiger partial charge in [-0.1, -0.05) is 42.2 Å². The molecule has 140 valence electrons. The maximum absolute atomic E-state index is 13.0. The van der Waals surface area contributed by atoms with Gasteiger partial charge in [-0.3, -0.25) is 9.69 Å². The van der Waals surface area contributed by atoms with E-state index in [1.165, 1.54) is 11.8 Å². The number of hydrogen-bond acceptors (Lipinski definition) is 5. The Hall–Kier alpha value is -2.31. The molecule has 1 fully saturated rings. The van der Waals surface area contributed by atoms with Gasteiger partial charge in [0, 0.05) is 0 Å². The van der Waals surface area contributed by atoms with Crippen LogP contribution in [0.2, 0.25) is 0 Å². The SMILES string of the molecule is CCOc1ccc(/C=C2\SC(=S)N(c3cccc(C)c3C)C2=O)cc1OC. The highest BCUT2D eigenvalue weighted by molar-refractivity contribution is 8.27. The highest BCUT2D eigenvalue weighted by atomic mass is 32.2. The summed E-state index contributed by atoms with van der Waals surface area (Å²) in [5.41, 5.74) is 3.88. The molecule has 0 N–H and O–H groups in total. The first-order valence-electron chi connectivity index (χ1n) is 8.61. The molecule has 1 heterocycles. The van der Waals surface area contributed by atoms with Crippen molar-refractivity contribution in [2.75, 3.05) is 18.6 Å². The number of nitrogens with zero attached hydrogens (tertiary/aromatic N) is 1. The molecule has 27 heavy (non-hydrogen) atoms. The highest BCUT2D eigenvalue weighted by Crippen LogP contribution is 2.38. The van der Waals surface area contributed by atoms with Crippen molar-refractivity contribution in [2.24, 2.45) is 0 Å². The van der Waals surface area contributed by atoms with Crippen molar-refractivity contribution in [3.63, 3.8) is 0 Å². The molecule has 1 aliphatic rings. The molecule has 0 spiro atoms. The van der Waals surface area contributed by atoms with Crippen LogP contribution in [-0.2, 0) is 4.79 Å². The molecule has 4 nitrogen and oxygen atoms in total. The van der Waals surface area contributed by atoms with Gasteiger partial charge in [-0.2, -0.15) is 0 Å². The van der Waals surface area contributed by atoms with Crippen LogP contribution in [0.4, 0.5) is 5.69 Å². The standard InChI is InChI=1S/C21H21NO3S2/c1-5-25-17-10-9-15(11-18(17)24-4)12-19-20(23)22(21(26)27-19)16-8-6-7-13(2)14(16)3/h6-12H,5H2,1-4H3/b19-12-. The molecule has 0 saturated carbocycles. The lowest BCUT2D eigenvalue weighted by Gasteiger charge is -2.18. The monoisotopic (exact) mass is 399 g/mol. The zero-order chi connectivity index (χ0) is 19.6. The minimum Gasteiger partial charge on any atom is -0.493 e. The van der Waals surface area contributed by atoms with Crippen molar-refractivity contribution in [3.8, 4) is 11.5 Å².